The standard InChI is InChI=1S/C23H26N4O4/c1-2-6-25-22(29)18-9-16(11-24-12-18)8-15-5-7-27(13-15)23(30)17-3-4-19-20(10-17)31-14-21(28)26-19/h3-4,9-12,15H,2,5-8,13-14H2,1H3,(H,25,29)(H,26,28). The number of rotatable bonds is 6. The number of nitrogens with zero attached hydrogens (tertiary/aromatic N) is 2. The van der Waals surface area contributed by atoms with Gasteiger partial charge in [0.25, 0.3) is 17.7 Å². The summed E-state index contributed by atoms with van der Waals surface area (Å²) in [6.45, 7) is 3.95. The number of benzene rings is 1. The summed E-state index contributed by atoms with van der Waals surface area (Å²) in [5.74, 6) is 0.482. The van der Waals surface area contributed by atoms with E-state index in [1.165, 1.54) is 0 Å². The van der Waals surface area contributed by atoms with Crippen LogP contribution in [0.1, 0.15) is 46.0 Å². The number of nitrogens with one attached hydrogen (secondary N) is 2. The lowest BCUT2D eigenvalue weighted by molar-refractivity contribution is -0.118. The van der Waals surface area contributed by atoms with Gasteiger partial charge in [-0.2, -0.15) is 0 Å². The molecule has 1 atom stereocenters. The van der Waals surface area contributed by atoms with E-state index in [0.717, 1.165) is 24.8 Å². The largest absolute Gasteiger partial charge is 0.482 e. The van der Waals surface area contributed by atoms with Gasteiger partial charge in [-0.1, -0.05) is 6.92 Å². The molecule has 31 heavy (non-hydrogen) atoms. The summed E-state index contributed by atoms with van der Waals surface area (Å²) in [4.78, 5) is 42.6. The number of pyridine rings is 1. The zero-order valence-electron chi connectivity index (χ0n) is 17.5. The van der Waals surface area contributed by atoms with Crippen molar-refractivity contribution in [1.29, 1.82) is 0 Å². The van der Waals surface area contributed by atoms with Gasteiger partial charge in [0.05, 0.1) is 11.3 Å². The Morgan fingerprint density at radius 3 is 2.97 bits per heavy atom. The molecule has 3 heterocycles. The molecule has 8 nitrogen and oxygen atoms in total. The number of carbonyl (C=O) groups is 3. The van der Waals surface area contributed by atoms with Crippen LogP contribution in [0, 0.1) is 5.92 Å². The second kappa shape index (κ2) is 9.16. The Kier molecular flexibility index (Phi) is 6.16. The minimum Gasteiger partial charge on any atom is -0.482 e. The van der Waals surface area contributed by atoms with Crippen LogP contribution in [0.25, 0.3) is 0 Å². The molecule has 2 aromatic rings. The summed E-state index contributed by atoms with van der Waals surface area (Å²) >= 11 is 0. The monoisotopic (exact) mass is 422 g/mol. The van der Waals surface area contributed by atoms with E-state index in [9.17, 15) is 14.4 Å². The van der Waals surface area contributed by atoms with Crippen molar-refractivity contribution in [2.75, 3.05) is 31.6 Å². The quantitative estimate of drug-likeness (QED) is 0.744. The van der Waals surface area contributed by atoms with Crippen LogP contribution in [0.3, 0.4) is 0 Å². The van der Waals surface area contributed by atoms with Gasteiger partial charge in [-0.05, 0) is 55.0 Å². The van der Waals surface area contributed by atoms with Crippen molar-refractivity contribution in [2.24, 2.45) is 5.92 Å². The van der Waals surface area contributed by atoms with Crippen LogP contribution < -0.4 is 15.4 Å². The van der Waals surface area contributed by atoms with Gasteiger partial charge in [0.2, 0.25) is 0 Å². The maximum Gasteiger partial charge on any atom is 0.262 e. The topological polar surface area (TPSA) is 101 Å². The van der Waals surface area contributed by atoms with Crippen LogP contribution in [0.5, 0.6) is 5.75 Å². The zero-order valence-corrected chi connectivity index (χ0v) is 17.5. The van der Waals surface area contributed by atoms with E-state index in [4.69, 9.17) is 4.74 Å². The van der Waals surface area contributed by atoms with Gasteiger partial charge < -0.3 is 20.3 Å². The second-order valence-electron chi connectivity index (χ2n) is 8.00. The first-order valence-corrected chi connectivity index (χ1v) is 10.6. The van der Waals surface area contributed by atoms with Crippen molar-refractivity contribution in [3.05, 3.63) is 53.3 Å². The summed E-state index contributed by atoms with van der Waals surface area (Å²) in [5.41, 5.74) is 2.70. The van der Waals surface area contributed by atoms with Crippen molar-refractivity contribution < 1.29 is 19.1 Å². The molecule has 4 rings (SSSR count). The molecular weight excluding hydrogens is 396 g/mol. The molecular formula is C23H26N4O4. The Morgan fingerprint density at radius 2 is 2.13 bits per heavy atom. The lowest BCUT2D eigenvalue weighted by atomic mass is 9.99. The van der Waals surface area contributed by atoms with E-state index < -0.39 is 0 Å². The van der Waals surface area contributed by atoms with E-state index in [2.05, 4.69) is 15.6 Å². The molecule has 0 aliphatic carbocycles. The van der Waals surface area contributed by atoms with E-state index >= 15 is 0 Å². The number of aromatic nitrogens is 1. The Hall–Kier alpha value is -3.42. The van der Waals surface area contributed by atoms with Gasteiger partial charge in [0.1, 0.15) is 5.75 Å². The molecule has 8 heteroatoms. The van der Waals surface area contributed by atoms with Crippen molar-refractivity contribution in [1.82, 2.24) is 15.2 Å². The molecule has 1 unspecified atom stereocenters. The van der Waals surface area contributed by atoms with Crippen LogP contribution in [0.15, 0.2) is 36.7 Å². The molecule has 162 valence electrons. The van der Waals surface area contributed by atoms with E-state index in [1.807, 2.05) is 17.9 Å². The third-order valence-corrected chi connectivity index (χ3v) is 5.55. The normalized spacial score (nSPS) is 17.5. The lowest BCUT2D eigenvalue weighted by Crippen LogP contribution is -2.30. The van der Waals surface area contributed by atoms with Crippen molar-refractivity contribution in [3.63, 3.8) is 0 Å². The minimum absolute atomic E-state index is 0.0417. The Balaban J connectivity index is 1.37. The number of hydrogen-bond acceptors (Lipinski definition) is 5. The minimum atomic E-state index is -0.199. The molecule has 0 radical (unpaired) electrons. The molecule has 2 aliphatic rings. The molecule has 0 spiro atoms. The predicted octanol–water partition coefficient (Wildman–Crippen LogP) is 2.26. The molecule has 0 bridgehead atoms. The fraction of sp³-hybridized carbons (Fsp3) is 0.391. The number of likely N-dealkylation sites (tertiary alicyclic amines) is 1. The summed E-state index contributed by atoms with van der Waals surface area (Å²) in [6, 6.07) is 6.99. The molecule has 1 fully saturated rings. The number of fused-ring (bicyclic) bond motifs is 1. The van der Waals surface area contributed by atoms with Crippen molar-refractivity contribution >= 4 is 23.4 Å². The maximum atomic E-state index is 13.0. The van der Waals surface area contributed by atoms with Gasteiger partial charge in [0.15, 0.2) is 6.61 Å². The summed E-state index contributed by atoms with van der Waals surface area (Å²) < 4.78 is 5.42. The van der Waals surface area contributed by atoms with Gasteiger partial charge in [-0.15, -0.1) is 0 Å². The van der Waals surface area contributed by atoms with Crippen LogP contribution in [0.2, 0.25) is 0 Å². The number of hydrogen-bond donors (Lipinski definition) is 2. The van der Waals surface area contributed by atoms with Gasteiger partial charge in [0, 0.05) is 37.6 Å². The Bertz CT molecular complexity index is 1010. The molecule has 1 aromatic carbocycles. The Morgan fingerprint density at radius 1 is 1.26 bits per heavy atom. The molecule has 3 amide bonds. The highest BCUT2D eigenvalue weighted by Gasteiger charge is 2.28. The van der Waals surface area contributed by atoms with Crippen LogP contribution in [-0.2, 0) is 11.2 Å². The lowest BCUT2D eigenvalue weighted by Gasteiger charge is -2.20. The smallest absolute Gasteiger partial charge is 0.262 e. The highest BCUT2D eigenvalue weighted by atomic mass is 16.5. The second-order valence-corrected chi connectivity index (χ2v) is 8.00. The number of carbonyl (C=O) groups excluding carboxylic acids is 3. The fourth-order valence-electron chi connectivity index (χ4n) is 3.97. The first-order valence-electron chi connectivity index (χ1n) is 10.6. The van der Waals surface area contributed by atoms with E-state index in [-0.39, 0.29) is 24.3 Å². The molecule has 2 N–H and O–H groups in total. The predicted molar refractivity (Wildman–Crippen MR) is 115 cm³/mol. The van der Waals surface area contributed by atoms with Gasteiger partial charge in [-0.25, -0.2) is 0 Å². The number of anilines is 1. The summed E-state index contributed by atoms with van der Waals surface area (Å²) in [6.07, 6.45) is 5.92. The number of amides is 3. The van der Waals surface area contributed by atoms with Gasteiger partial charge in [-0.3, -0.25) is 19.4 Å². The van der Waals surface area contributed by atoms with Crippen molar-refractivity contribution in [2.45, 2.75) is 26.2 Å². The molecule has 1 aromatic heterocycles. The Labute approximate surface area is 181 Å². The van der Waals surface area contributed by atoms with E-state index in [1.54, 1.807) is 30.6 Å². The summed E-state index contributed by atoms with van der Waals surface area (Å²) in [5, 5.41) is 5.60. The maximum absolute atomic E-state index is 13.0. The third kappa shape index (κ3) is 4.84. The zero-order chi connectivity index (χ0) is 21.8. The molecule has 1 saturated heterocycles. The van der Waals surface area contributed by atoms with Crippen LogP contribution in [0.4, 0.5) is 5.69 Å². The van der Waals surface area contributed by atoms with Crippen LogP contribution in [-0.4, -0.2) is 53.8 Å². The number of ether oxygens (including phenoxy) is 1. The molecule has 0 saturated carbocycles. The first kappa shape index (κ1) is 20.8. The van der Waals surface area contributed by atoms with Crippen LogP contribution >= 0.6 is 0 Å². The highest BCUT2D eigenvalue weighted by Crippen LogP contribution is 2.30. The average molecular weight is 422 g/mol. The van der Waals surface area contributed by atoms with Gasteiger partial charge >= 0.3 is 0 Å². The summed E-state index contributed by atoms with van der Waals surface area (Å²) in [7, 11) is 0. The molecule has 2 aliphatic heterocycles. The average Bonchev–Trinajstić information content (AvgIpc) is 3.25. The SMILES string of the molecule is CCCNC(=O)c1cncc(CC2CCN(C(=O)c3ccc4c(c3)OCC(=O)N4)C2)c1. The highest BCUT2D eigenvalue weighted by molar-refractivity contribution is 5.99. The first-order chi connectivity index (χ1) is 15.0. The van der Waals surface area contributed by atoms with Crippen molar-refractivity contribution in [3.8, 4) is 5.75 Å². The van der Waals surface area contributed by atoms with E-state index in [0.29, 0.717) is 48.1 Å². The fourth-order valence-corrected chi connectivity index (χ4v) is 3.97. The third-order valence-electron chi connectivity index (χ3n) is 5.55.